The zero-order valence-corrected chi connectivity index (χ0v) is 12.2. The van der Waals surface area contributed by atoms with Crippen LogP contribution < -0.4 is 5.32 Å². The summed E-state index contributed by atoms with van der Waals surface area (Å²) in [7, 11) is 0. The summed E-state index contributed by atoms with van der Waals surface area (Å²) in [4.78, 5) is 25.0. The summed E-state index contributed by atoms with van der Waals surface area (Å²) in [6.45, 7) is 4.24. The molecule has 2 amide bonds. The number of amides is 2. The summed E-state index contributed by atoms with van der Waals surface area (Å²) >= 11 is 0. The van der Waals surface area contributed by atoms with E-state index >= 15 is 0 Å². The lowest BCUT2D eigenvalue weighted by molar-refractivity contribution is 0.0696. The fourth-order valence-electron chi connectivity index (χ4n) is 2.66. The van der Waals surface area contributed by atoms with Crippen LogP contribution in [0.15, 0.2) is 18.2 Å². The molecule has 1 saturated heterocycles. The lowest BCUT2D eigenvalue weighted by atomic mass is 10.0. The molecule has 6 heteroatoms. The van der Waals surface area contributed by atoms with Crippen molar-refractivity contribution in [3.63, 3.8) is 0 Å². The molecule has 0 radical (unpaired) electrons. The van der Waals surface area contributed by atoms with Gasteiger partial charge in [0.15, 0.2) is 0 Å². The number of carboxylic acids is 1. The Morgan fingerprint density at radius 1 is 1.43 bits per heavy atom. The number of urea groups is 1. The average Bonchev–Trinajstić information content (AvgIpc) is 2.81. The molecule has 0 spiro atoms. The van der Waals surface area contributed by atoms with Gasteiger partial charge in [-0.05, 0) is 37.0 Å². The number of anilines is 1. The van der Waals surface area contributed by atoms with Gasteiger partial charge in [-0.3, -0.25) is 0 Å². The van der Waals surface area contributed by atoms with Gasteiger partial charge in [-0.25, -0.2) is 9.59 Å². The van der Waals surface area contributed by atoms with Gasteiger partial charge in [-0.15, -0.1) is 0 Å². The molecular formula is C15H20N2O4. The minimum atomic E-state index is -1.02. The van der Waals surface area contributed by atoms with Crippen molar-refractivity contribution in [3.05, 3.63) is 29.3 Å². The Balaban J connectivity index is 2.13. The number of benzene rings is 1. The minimum absolute atomic E-state index is 0.0666. The molecule has 1 aromatic rings. The standard InChI is InChI=1S/C15H20N2O4/c1-9-3-4-11(7-12(9)14(19)20)16-15(21)17-6-5-10(2)13(17)8-18/h3-4,7,10,13,18H,5-6,8H2,1-2H3,(H,16,21)(H,19,20). The van der Waals surface area contributed by atoms with E-state index < -0.39 is 5.97 Å². The van der Waals surface area contributed by atoms with Crippen molar-refractivity contribution in [1.29, 1.82) is 0 Å². The normalized spacial score (nSPS) is 21.4. The highest BCUT2D eigenvalue weighted by molar-refractivity contribution is 5.94. The van der Waals surface area contributed by atoms with Gasteiger partial charge in [0.2, 0.25) is 0 Å². The third-order valence-electron chi connectivity index (χ3n) is 4.05. The van der Waals surface area contributed by atoms with Gasteiger partial charge in [0.25, 0.3) is 0 Å². The second-order valence-corrected chi connectivity index (χ2v) is 5.47. The van der Waals surface area contributed by atoms with Crippen LogP contribution in [0.4, 0.5) is 10.5 Å². The second-order valence-electron chi connectivity index (χ2n) is 5.47. The van der Waals surface area contributed by atoms with Crippen LogP contribution >= 0.6 is 0 Å². The van der Waals surface area contributed by atoms with E-state index in [1.807, 2.05) is 6.92 Å². The first-order valence-electron chi connectivity index (χ1n) is 6.96. The number of aliphatic hydroxyl groups is 1. The number of carbonyl (C=O) groups is 2. The van der Waals surface area contributed by atoms with Gasteiger partial charge in [-0.1, -0.05) is 13.0 Å². The number of aryl methyl sites for hydroxylation is 1. The Kier molecular flexibility index (Phi) is 4.47. The number of carboxylic acid groups (broad SMARTS) is 1. The predicted octanol–water partition coefficient (Wildman–Crippen LogP) is 1.93. The summed E-state index contributed by atoms with van der Waals surface area (Å²) < 4.78 is 0. The Morgan fingerprint density at radius 3 is 2.76 bits per heavy atom. The smallest absolute Gasteiger partial charge is 0.336 e. The van der Waals surface area contributed by atoms with E-state index in [1.54, 1.807) is 24.0 Å². The number of likely N-dealkylation sites (tertiary alicyclic amines) is 1. The molecule has 2 unspecified atom stereocenters. The largest absolute Gasteiger partial charge is 0.478 e. The summed E-state index contributed by atoms with van der Waals surface area (Å²) in [6.07, 6.45) is 0.854. The maximum Gasteiger partial charge on any atom is 0.336 e. The average molecular weight is 292 g/mol. The van der Waals surface area contributed by atoms with Crippen molar-refractivity contribution in [2.24, 2.45) is 5.92 Å². The number of aromatic carboxylic acids is 1. The van der Waals surface area contributed by atoms with Gasteiger partial charge in [0, 0.05) is 12.2 Å². The van der Waals surface area contributed by atoms with Gasteiger partial charge in [0.05, 0.1) is 18.2 Å². The first-order chi connectivity index (χ1) is 9.93. The molecule has 1 heterocycles. The van der Waals surface area contributed by atoms with E-state index in [9.17, 15) is 14.7 Å². The third kappa shape index (κ3) is 3.16. The van der Waals surface area contributed by atoms with Crippen molar-refractivity contribution in [3.8, 4) is 0 Å². The quantitative estimate of drug-likeness (QED) is 0.794. The molecule has 3 N–H and O–H groups in total. The Labute approximate surface area is 123 Å². The number of hydrogen-bond donors (Lipinski definition) is 3. The summed E-state index contributed by atoms with van der Waals surface area (Å²) in [5.74, 6) is -0.764. The van der Waals surface area contributed by atoms with Gasteiger partial charge in [0.1, 0.15) is 0 Å². The molecular weight excluding hydrogens is 272 g/mol. The zero-order valence-electron chi connectivity index (χ0n) is 12.2. The zero-order chi connectivity index (χ0) is 15.6. The van der Waals surface area contributed by atoms with E-state index in [1.165, 1.54) is 6.07 Å². The number of nitrogens with zero attached hydrogens (tertiary/aromatic N) is 1. The number of carbonyl (C=O) groups excluding carboxylic acids is 1. The highest BCUT2D eigenvalue weighted by Crippen LogP contribution is 2.24. The fourth-order valence-corrected chi connectivity index (χ4v) is 2.66. The van der Waals surface area contributed by atoms with E-state index in [0.29, 0.717) is 17.8 Å². The molecule has 0 saturated carbocycles. The SMILES string of the molecule is Cc1ccc(NC(=O)N2CCC(C)C2CO)cc1C(=O)O. The van der Waals surface area contributed by atoms with Crippen LogP contribution in [-0.4, -0.2) is 46.3 Å². The van der Waals surface area contributed by atoms with Crippen LogP contribution in [0.1, 0.15) is 29.3 Å². The molecule has 2 atom stereocenters. The van der Waals surface area contributed by atoms with Crippen LogP contribution in [0.25, 0.3) is 0 Å². The molecule has 0 aromatic heterocycles. The summed E-state index contributed by atoms with van der Waals surface area (Å²) in [6, 6.07) is 4.29. The first-order valence-corrected chi connectivity index (χ1v) is 6.96. The summed E-state index contributed by atoms with van der Waals surface area (Å²) in [5, 5.41) is 21.2. The van der Waals surface area contributed by atoms with Crippen molar-refractivity contribution >= 4 is 17.7 Å². The monoisotopic (exact) mass is 292 g/mol. The molecule has 2 rings (SSSR count). The van der Waals surface area contributed by atoms with Crippen LogP contribution in [0.2, 0.25) is 0 Å². The van der Waals surface area contributed by atoms with E-state index in [2.05, 4.69) is 5.32 Å². The molecule has 0 bridgehead atoms. The summed E-state index contributed by atoms with van der Waals surface area (Å²) in [5.41, 5.74) is 1.25. The van der Waals surface area contributed by atoms with Crippen LogP contribution in [0.5, 0.6) is 0 Å². The molecule has 1 aromatic carbocycles. The number of nitrogens with one attached hydrogen (secondary N) is 1. The minimum Gasteiger partial charge on any atom is -0.478 e. The number of hydrogen-bond acceptors (Lipinski definition) is 3. The van der Waals surface area contributed by atoms with Crippen molar-refractivity contribution < 1.29 is 19.8 Å². The van der Waals surface area contributed by atoms with E-state index in [0.717, 1.165) is 6.42 Å². The maximum absolute atomic E-state index is 12.3. The highest BCUT2D eigenvalue weighted by atomic mass is 16.4. The predicted molar refractivity (Wildman–Crippen MR) is 78.5 cm³/mol. The highest BCUT2D eigenvalue weighted by Gasteiger charge is 2.33. The third-order valence-corrected chi connectivity index (χ3v) is 4.05. The van der Waals surface area contributed by atoms with Crippen molar-refractivity contribution in [2.45, 2.75) is 26.3 Å². The fraction of sp³-hybridized carbons (Fsp3) is 0.467. The van der Waals surface area contributed by atoms with E-state index in [-0.39, 0.29) is 30.2 Å². The lowest BCUT2D eigenvalue weighted by Gasteiger charge is -2.25. The number of aliphatic hydroxyl groups excluding tert-OH is 1. The molecule has 114 valence electrons. The first kappa shape index (κ1) is 15.3. The topological polar surface area (TPSA) is 89.9 Å². The Bertz CT molecular complexity index is 559. The van der Waals surface area contributed by atoms with Crippen molar-refractivity contribution in [1.82, 2.24) is 4.90 Å². The van der Waals surface area contributed by atoms with Gasteiger partial charge >= 0.3 is 12.0 Å². The van der Waals surface area contributed by atoms with Crippen LogP contribution in [-0.2, 0) is 0 Å². The Morgan fingerprint density at radius 2 is 2.14 bits per heavy atom. The molecule has 6 nitrogen and oxygen atoms in total. The van der Waals surface area contributed by atoms with Gasteiger partial charge < -0.3 is 20.4 Å². The van der Waals surface area contributed by atoms with Crippen LogP contribution in [0.3, 0.4) is 0 Å². The lowest BCUT2D eigenvalue weighted by Crippen LogP contribution is -2.42. The maximum atomic E-state index is 12.3. The van der Waals surface area contributed by atoms with Gasteiger partial charge in [-0.2, -0.15) is 0 Å². The molecule has 1 fully saturated rings. The van der Waals surface area contributed by atoms with E-state index in [4.69, 9.17) is 5.11 Å². The number of rotatable bonds is 3. The van der Waals surface area contributed by atoms with Crippen LogP contribution in [0, 0.1) is 12.8 Å². The van der Waals surface area contributed by atoms with Crippen molar-refractivity contribution in [2.75, 3.05) is 18.5 Å². The molecule has 1 aliphatic heterocycles. The Hall–Kier alpha value is -2.08. The molecule has 1 aliphatic rings. The molecule has 21 heavy (non-hydrogen) atoms. The second kappa shape index (κ2) is 6.13. The molecule has 0 aliphatic carbocycles.